The van der Waals surface area contributed by atoms with E-state index < -0.39 is 0 Å². The van der Waals surface area contributed by atoms with Crippen LogP contribution in [0.4, 0.5) is 0 Å². The second-order valence-corrected chi connectivity index (χ2v) is 7.34. The summed E-state index contributed by atoms with van der Waals surface area (Å²) in [7, 11) is 3.46. The first-order valence-corrected chi connectivity index (χ1v) is 10.6. The van der Waals surface area contributed by atoms with E-state index in [1.54, 1.807) is 31.1 Å². The van der Waals surface area contributed by atoms with Crippen molar-refractivity contribution in [1.82, 2.24) is 20.4 Å². The van der Waals surface area contributed by atoms with E-state index in [1.165, 1.54) is 0 Å². The normalized spacial score (nSPS) is 10.7. The van der Waals surface area contributed by atoms with Gasteiger partial charge in [0, 0.05) is 39.3 Å². The molecule has 0 saturated carbocycles. The van der Waals surface area contributed by atoms with Crippen LogP contribution in [0.3, 0.4) is 0 Å². The topological polar surface area (TPSA) is 77.0 Å². The Labute approximate surface area is 208 Å². The van der Waals surface area contributed by atoms with Crippen LogP contribution in [0.5, 0.6) is 0 Å². The average molecular weight is 551 g/mol. The van der Waals surface area contributed by atoms with Crippen molar-refractivity contribution in [1.29, 1.82) is 0 Å². The maximum Gasteiger partial charge on any atom is 0.253 e. The Morgan fingerprint density at radius 2 is 1.56 bits per heavy atom. The largest absolute Gasteiger partial charge is 0.357 e. The van der Waals surface area contributed by atoms with Crippen molar-refractivity contribution in [3.05, 3.63) is 71.3 Å². The SMILES string of the molecule is CCNC(=NCc1ccc(C(=O)N(C)C)cc1)NCC(=O)N(CC)Cc1ccccc1.I. The number of nitrogens with one attached hydrogen (secondary N) is 2. The van der Waals surface area contributed by atoms with E-state index >= 15 is 0 Å². The summed E-state index contributed by atoms with van der Waals surface area (Å²) in [5.74, 6) is 0.572. The second kappa shape index (κ2) is 14.4. The van der Waals surface area contributed by atoms with Crippen LogP contribution in [-0.2, 0) is 17.9 Å². The van der Waals surface area contributed by atoms with Crippen LogP contribution in [0, 0.1) is 0 Å². The number of amides is 2. The van der Waals surface area contributed by atoms with Gasteiger partial charge in [-0.15, -0.1) is 24.0 Å². The van der Waals surface area contributed by atoms with Gasteiger partial charge in [-0.2, -0.15) is 0 Å². The van der Waals surface area contributed by atoms with E-state index in [-0.39, 0.29) is 42.3 Å². The number of guanidine groups is 1. The highest BCUT2D eigenvalue weighted by molar-refractivity contribution is 14.0. The number of hydrogen-bond acceptors (Lipinski definition) is 3. The Morgan fingerprint density at radius 3 is 2.12 bits per heavy atom. The molecule has 0 fully saturated rings. The van der Waals surface area contributed by atoms with E-state index in [9.17, 15) is 9.59 Å². The number of hydrogen-bond donors (Lipinski definition) is 2. The molecule has 0 heterocycles. The van der Waals surface area contributed by atoms with Crippen molar-refractivity contribution in [2.24, 2.45) is 4.99 Å². The minimum Gasteiger partial charge on any atom is -0.357 e. The van der Waals surface area contributed by atoms with Crippen LogP contribution in [-0.4, -0.2) is 61.3 Å². The Hall–Kier alpha value is -2.62. The summed E-state index contributed by atoms with van der Waals surface area (Å²) in [4.78, 5) is 32.6. The van der Waals surface area contributed by atoms with Gasteiger partial charge < -0.3 is 20.4 Å². The van der Waals surface area contributed by atoms with Crippen LogP contribution in [0.25, 0.3) is 0 Å². The highest BCUT2D eigenvalue weighted by Gasteiger charge is 2.13. The quantitative estimate of drug-likeness (QED) is 0.286. The zero-order chi connectivity index (χ0) is 22.6. The lowest BCUT2D eigenvalue weighted by molar-refractivity contribution is -0.130. The minimum atomic E-state index is -0.0282. The number of likely N-dealkylation sites (N-methyl/N-ethyl adjacent to an activating group) is 1. The number of benzene rings is 2. The van der Waals surface area contributed by atoms with E-state index in [0.717, 1.165) is 11.1 Å². The maximum absolute atomic E-state index is 12.7. The molecule has 0 aliphatic carbocycles. The summed E-state index contributed by atoms with van der Waals surface area (Å²) in [6.07, 6.45) is 0. The average Bonchev–Trinajstić information content (AvgIpc) is 2.79. The predicted molar refractivity (Wildman–Crippen MR) is 140 cm³/mol. The molecule has 2 amide bonds. The van der Waals surface area contributed by atoms with Crippen LogP contribution >= 0.6 is 24.0 Å². The standard InChI is InChI=1S/C24H33N5O2.HI/c1-5-25-24(26-16-19-12-14-21(15-13-19)23(31)28(3)4)27-17-22(30)29(6-2)18-20-10-8-7-9-11-20;/h7-15H,5-6,16-18H2,1-4H3,(H2,25,26,27);1H. The summed E-state index contributed by atoms with van der Waals surface area (Å²) < 4.78 is 0. The summed E-state index contributed by atoms with van der Waals surface area (Å²) in [5.41, 5.74) is 2.74. The van der Waals surface area contributed by atoms with Crippen LogP contribution < -0.4 is 10.6 Å². The van der Waals surface area contributed by atoms with Gasteiger partial charge in [0.25, 0.3) is 5.91 Å². The molecule has 2 rings (SSSR count). The minimum absolute atomic E-state index is 0. The Morgan fingerprint density at radius 1 is 0.906 bits per heavy atom. The Balaban J connectivity index is 0.00000512. The third-order valence-corrected chi connectivity index (χ3v) is 4.73. The third-order valence-electron chi connectivity index (χ3n) is 4.73. The second-order valence-electron chi connectivity index (χ2n) is 7.34. The zero-order valence-electron chi connectivity index (χ0n) is 19.3. The van der Waals surface area contributed by atoms with Crippen molar-refractivity contribution in [2.75, 3.05) is 33.7 Å². The van der Waals surface area contributed by atoms with Gasteiger partial charge in [-0.3, -0.25) is 9.59 Å². The van der Waals surface area contributed by atoms with Gasteiger partial charge in [0.1, 0.15) is 0 Å². The van der Waals surface area contributed by atoms with Crippen LogP contribution in [0.2, 0.25) is 0 Å². The van der Waals surface area contributed by atoms with E-state index in [2.05, 4.69) is 15.6 Å². The molecule has 0 aliphatic heterocycles. The van der Waals surface area contributed by atoms with Crippen LogP contribution in [0.1, 0.15) is 35.3 Å². The fourth-order valence-electron chi connectivity index (χ4n) is 2.97. The molecular weight excluding hydrogens is 517 g/mol. The van der Waals surface area contributed by atoms with Gasteiger partial charge in [0.2, 0.25) is 5.91 Å². The molecule has 0 bridgehead atoms. The molecule has 7 nitrogen and oxygen atoms in total. The van der Waals surface area contributed by atoms with Crippen molar-refractivity contribution in [2.45, 2.75) is 26.9 Å². The fraction of sp³-hybridized carbons (Fsp3) is 0.375. The molecule has 0 unspecified atom stereocenters. The van der Waals surface area contributed by atoms with E-state index in [4.69, 9.17) is 0 Å². The van der Waals surface area contributed by atoms with Crippen LogP contribution in [0.15, 0.2) is 59.6 Å². The third kappa shape index (κ3) is 8.86. The van der Waals surface area contributed by atoms with Crippen molar-refractivity contribution < 1.29 is 9.59 Å². The van der Waals surface area contributed by atoms with E-state index in [0.29, 0.717) is 37.7 Å². The summed E-state index contributed by atoms with van der Waals surface area (Å²) >= 11 is 0. The zero-order valence-corrected chi connectivity index (χ0v) is 21.6. The van der Waals surface area contributed by atoms with Gasteiger partial charge >= 0.3 is 0 Å². The molecule has 2 aromatic carbocycles. The predicted octanol–water partition coefficient (Wildman–Crippen LogP) is 3.11. The van der Waals surface area contributed by atoms with Crippen molar-refractivity contribution in [3.8, 4) is 0 Å². The van der Waals surface area contributed by atoms with E-state index in [1.807, 2.05) is 61.2 Å². The first-order valence-electron chi connectivity index (χ1n) is 10.6. The molecule has 0 radical (unpaired) electrons. The lowest BCUT2D eigenvalue weighted by Crippen LogP contribution is -2.44. The molecule has 2 aromatic rings. The monoisotopic (exact) mass is 551 g/mol. The molecule has 0 aromatic heterocycles. The number of carbonyl (C=O) groups excluding carboxylic acids is 2. The Kier molecular flexibility index (Phi) is 12.4. The van der Waals surface area contributed by atoms with Gasteiger partial charge in [0.15, 0.2) is 5.96 Å². The first-order chi connectivity index (χ1) is 14.9. The smallest absolute Gasteiger partial charge is 0.253 e. The summed E-state index contributed by atoms with van der Waals surface area (Å²) in [6, 6.07) is 17.4. The number of aliphatic imine (C=N–C) groups is 1. The lowest BCUT2D eigenvalue weighted by Gasteiger charge is -2.22. The van der Waals surface area contributed by atoms with Crippen molar-refractivity contribution in [3.63, 3.8) is 0 Å². The highest BCUT2D eigenvalue weighted by atomic mass is 127. The molecule has 174 valence electrons. The first kappa shape index (κ1) is 27.4. The molecule has 32 heavy (non-hydrogen) atoms. The highest BCUT2D eigenvalue weighted by Crippen LogP contribution is 2.08. The fourth-order valence-corrected chi connectivity index (χ4v) is 2.97. The number of carbonyl (C=O) groups is 2. The van der Waals surface area contributed by atoms with Gasteiger partial charge in [0.05, 0.1) is 13.1 Å². The summed E-state index contributed by atoms with van der Waals surface area (Å²) in [5, 5.41) is 6.29. The van der Waals surface area contributed by atoms with Gasteiger partial charge in [-0.25, -0.2) is 4.99 Å². The summed E-state index contributed by atoms with van der Waals surface area (Å²) in [6.45, 7) is 6.49. The Bertz CT molecular complexity index is 870. The molecular formula is C24H34IN5O2. The number of halogens is 1. The van der Waals surface area contributed by atoms with Gasteiger partial charge in [-0.1, -0.05) is 42.5 Å². The molecule has 2 N–H and O–H groups in total. The molecule has 8 heteroatoms. The van der Waals surface area contributed by atoms with Gasteiger partial charge in [-0.05, 0) is 37.1 Å². The molecule has 0 aliphatic rings. The molecule has 0 spiro atoms. The maximum atomic E-state index is 12.7. The molecule has 0 saturated heterocycles. The number of nitrogens with zero attached hydrogens (tertiary/aromatic N) is 3. The molecule has 0 atom stereocenters. The number of rotatable bonds is 9. The lowest BCUT2D eigenvalue weighted by atomic mass is 10.1. The van der Waals surface area contributed by atoms with Crippen molar-refractivity contribution >= 4 is 41.8 Å².